The highest BCUT2D eigenvalue weighted by Crippen LogP contribution is 2.32. The van der Waals surface area contributed by atoms with Crippen LogP contribution in [0.1, 0.15) is 12.8 Å². The predicted octanol–water partition coefficient (Wildman–Crippen LogP) is 2.03. The predicted molar refractivity (Wildman–Crippen MR) is 59.2 cm³/mol. The van der Waals surface area contributed by atoms with Gasteiger partial charge in [0.15, 0.2) is 0 Å². The van der Waals surface area contributed by atoms with Crippen LogP contribution in [0, 0.1) is 5.92 Å². The molecule has 3 nitrogen and oxygen atoms in total. The quantitative estimate of drug-likeness (QED) is 0.867. The number of nitrogens with zero attached hydrogens (tertiary/aromatic N) is 1. The van der Waals surface area contributed by atoms with Crippen LogP contribution in [0.25, 0.3) is 0 Å². The van der Waals surface area contributed by atoms with E-state index in [0.29, 0.717) is 12.5 Å². The lowest BCUT2D eigenvalue weighted by atomic mass is 10.2. The van der Waals surface area contributed by atoms with E-state index in [4.69, 9.17) is 0 Å². The summed E-state index contributed by atoms with van der Waals surface area (Å²) in [5.41, 5.74) is 0. The number of anilines is 1. The summed E-state index contributed by atoms with van der Waals surface area (Å²) < 4.78 is 0.996. The molecule has 2 N–H and O–H groups in total. The van der Waals surface area contributed by atoms with Gasteiger partial charge in [-0.05, 0) is 30.9 Å². The van der Waals surface area contributed by atoms with E-state index in [2.05, 4.69) is 26.2 Å². The molecule has 1 aromatic rings. The summed E-state index contributed by atoms with van der Waals surface area (Å²) >= 11 is 3.37. The first-order valence-electron chi connectivity index (χ1n) is 4.79. The van der Waals surface area contributed by atoms with Gasteiger partial charge in [0.2, 0.25) is 0 Å². The van der Waals surface area contributed by atoms with Crippen molar-refractivity contribution >= 4 is 21.7 Å². The molecule has 14 heavy (non-hydrogen) atoms. The summed E-state index contributed by atoms with van der Waals surface area (Å²) in [7, 11) is 0. The maximum Gasteiger partial charge on any atom is 0.127 e. The van der Waals surface area contributed by atoms with Crippen molar-refractivity contribution in [2.45, 2.75) is 18.9 Å². The standard InChI is InChI=1S/C10H13BrN2O/c11-8-3-4-12-10(5-8)13-6-9(14)7-1-2-7/h3-5,7,9,14H,1-2,6H2,(H,12,13). The minimum absolute atomic E-state index is 0.226. The van der Waals surface area contributed by atoms with Crippen molar-refractivity contribution in [1.82, 2.24) is 4.98 Å². The molecule has 2 rings (SSSR count). The van der Waals surface area contributed by atoms with E-state index in [1.54, 1.807) is 6.20 Å². The summed E-state index contributed by atoms with van der Waals surface area (Å²) in [6, 6.07) is 3.78. The molecule has 1 atom stereocenters. The van der Waals surface area contributed by atoms with Crippen molar-refractivity contribution in [2.75, 3.05) is 11.9 Å². The Morgan fingerprint density at radius 1 is 1.64 bits per heavy atom. The fraction of sp³-hybridized carbons (Fsp3) is 0.500. The molecule has 0 amide bonds. The molecule has 1 unspecified atom stereocenters. The monoisotopic (exact) mass is 256 g/mol. The molecule has 1 aliphatic carbocycles. The minimum Gasteiger partial charge on any atom is -0.391 e. The van der Waals surface area contributed by atoms with Gasteiger partial charge >= 0.3 is 0 Å². The van der Waals surface area contributed by atoms with Gasteiger partial charge in [-0.25, -0.2) is 4.98 Å². The van der Waals surface area contributed by atoms with Gasteiger partial charge in [-0.2, -0.15) is 0 Å². The lowest BCUT2D eigenvalue weighted by molar-refractivity contribution is 0.164. The Morgan fingerprint density at radius 2 is 2.43 bits per heavy atom. The number of halogens is 1. The highest BCUT2D eigenvalue weighted by atomic mass is 79.9. The molecule has 0 aromatic carbocycles. The number of rotatable bonds is 4. The Balaban J connectivity index is 1.84. The van der Waals surface area contributed by atoms with Crippen LogP contribution in [-0.2, 0) is 0 Å². The molecule has 1 aromatic heterocycles. The third kappa shape index (κ3) is 2.69. The number of hydrogen-bond acceptors (Lipinski definition) is 3. The summed E-state index contributed by atoms with van der Waals surface area (Å²) in [4.78, 5) is 4.14. The SMILES string of the molecule is OC(CNc1cc(Br)ccn1)C1CC1. The summed E-state index contributed by atoms with van der Waals surface area (Å²) in [5, 5.41) is 12.7. The highest BCUT2D eigenvalue weighted by Gasteiger charge is 2.29. The molecule has 76 valence electrons. The fourth-order valence-electron chi connectivity index (χ4n) is 1.36. The van der Waals surface area contributed by atoms with Crippen molar-refractivity contribution in [3.05, 3.63) is 22.8 Å². The van der Waals surface area contributed by atoms with Gasteiger partial charge in [0, 0.05) is 17.2 Å². The van der Waals surface area contributed by atoms with Gasteiger partial charge in [-0.3, -0.25) is 0 Å². The van der Waals surface area contributed by atoms with Gasteiger partial charge in [0.05, 0.1) is 6.10 Å². The van der Waals surface area contributed by atoms with Crippen LogP contribution in [0.2, 0.25) is 0 Å². The molecule has 1 aliphatic rings. The van der Waals surface area contributed by atoms with Crippen LogP contribution in [0.3, 0.4) is 0 Å². The number of hydrogen-bond donors (Lipinski definition) is 2. The van der Waals surface area contributed by atoms with Crippen molar-refractivity contribution in [2.24, 2.45) is 5.92 Å². The summed E-state index contributed by atoms with van der Waals surface area (Å²) in [6.45, 7) is 0.591. The van der Waals surface area contributed by atoms with Gasteiger partial charge in [0.1, 0.15) is 5.82 Å². The van der Waals surface area contributed by atoms with Gasteiger partial charge in [0.25, 0.3) is 0 Å². The van der Waals surface area contributed by atoms with Crippen molar-refractivity contribution < 1.29 is 5.11 Å². The zero-order valence-corrected chi connectivity index (χ0v) is 9.37. The Hall–Kier alpha value is -0.610. The van der Waals surface area contributed by atoms with Gasteiger partial charge in [-0.15, -0.1) is 0 Å². The molecule has 0 saturated heterocycles. The third-order valence-electron chi connectivity index (χ3n) is 2.38. The smallest absolute Gasteiger partial charge is 0.127 e. The number of aliphatic hydroxyl groups excluding tert-OH is 1. The molecule has 1 saturated carbocycles. The second kappa shape index (κ2) is 4.28. The van der Waals surface area contributed by atoms with Crippen LogP contribution in [0.5, 0.6) is 0 Å². The molecule has 0 spiro atoms. The van der Waals surface area contributed by atoms with Crippen LogP contribution >= 0.6 is 15.9 Å². The van der Waals surface area contributed by atoms with E-state index in [0.717, 1.165) is 23.1 Å². The van der Waals surface area contributed by atoms with Crippen LogP contribution < -0.4 is 5.32 Å². The summed E-state index contributed by atoms with van der Waals surface area (Å²) in [5.74, 6) is 1.31. The second-order valence-electron chi connectivity index (χ2n) is 3.64. The number of pyridine rings is 1. The summed E-state index contributed by atoms with van der Waals surface area (Å²) in [6.07, 6.45) is 3.83. The van der Waals surface area contributed by atoms with Crippen molar-refractivity contribution in [3.8, 4) is 0 Å². The average Bonchev–Trinajstić information content (AvgIpc) is 2.97. The lowest BCUT2D eigenvalue weighted by Crippen LogP contribution is -2.21. The first-order chi connectivity index (χ1) is 6.75. The van der Waals surface area contributed by atoms with Crippen LogP contribution in [0.4, 0.5) is 5.82 Å². The zero-order valence-electron chi connectivity index (χ0n) is 7.78. The van der Waals surface area contributed by atoms with E-state index in [1.165, 1.54) is 0 Å². The Bertz CT molecular complexity index is 315. The third-order valence-corrected chi connectivity index (χ3v) is 2.87. The maximum atomic E-state index is 9.62. The zero-order chi connectivity index (χ0) is 9.97. The Morgan fingerprint density at radius 3 is 3.07 bits per heavy atom. The topological polar surface area (TPSA) is 45.1 Å². The van der Waals surface area contributed by atoms with Crippen LogP contribution in [0.15, 0.2) is 22.8 Å². The first-order valence-corrected chi connectivity index (χ1v) is 5.58. The highest BCUT2D eigenvalue weighted by molar-refractivity contribution is 9.10. The van der Waals surface area contributed by atoms with Crippen molar-refractivity contribution in [1.29, 1.82) is 0 Å². The molecule has 1 heterocycles. The number of nitrogens with one attached hydrogen (secondary N) is 1. The Labute approximate surface area is 91.7 Å². The fourth-order valence-corrected chi connectivity index (χ4v) is 1.69. The van der Waals surface area contributed by atoms with Gasteiger partial charge < -0.3 is 10.4 Å². The molecule has 0 radical (unpaired) electrons. The maximum absolute atomic E-state index is 9.62. The van der Waals surface area contributed by atoms with E-state index >= 15 is 0 Å². The van der Waals surface area contributed by atoms with E-state index in [9.17, 15) is 5.11 Å². The number of aliphatic hydroxyl groups is 1. The molecule has 0 aliphatic heterocycles. The van der Waals surface area contributed by atoms with E-state index < -0.39 is 0 Å². The normalized spacial score (nSPS) is 17.9. The molecular weight excluding hydrogens is 244 g/mol. The minimum atomic E-state index is -0.226. The molecule has 0 bridgehead atoms. The lowest BCUT2D eigenvalue weighted by Gasteiger charge is -2.10. The largest absolute Gasteiger partial charge is 0.391 e. The van der Waals surface area contributed by atoms with Crippen LogP contribution in [-0.4, -0.2) is 22.7 Å². The van der Waals surface area contributed by atoms with Crippen molar-refractivity contribution in [3.63, 3.8) is 0 Å². The molecule has 4 heteroatoms. The van der Waals surface area contributed by atoms with E-state index in [1.807, 2.05) is 12.1 Å². The number of aromatic nitrogens is 1. The second-order valence-corrected chi connectivity index (χ2v) is 4.56. The molecule has 1 fully saturated rings. The van der Waals surface area contributed by atoms with E-state index in [-0.39, 0.29) is 6.10 Å². The first kappa shape index (κ1) is 9.93. The Kier molecular flexibility index (Phi) is 3.03. The van der Waals surface area contributed by atoms with Gasteiger partial charge in [-0.1, -0.05) is 15.9 Å². The average molecular weight is 257 g/mol. The molecular formula is C10H13BrN2O.